The van der Waals surface area contributed by atoms with Crippen LogP contribution in [0.5, 0.6) is 0 Å². The molecule has 1 aromatic heterocycles. The molecule has 1 heterocycles. The van der Waals surface area contributed by atoms with Crippen molar-refractivity contribution in [1.29, 1.82) is 0 Å². The number of hydrogen-bond acceptors (Lipinski definition) is 2. The highest BCUT2D eigenvalue weighted by molar-refractivity contribution is 9.10. The van der Waals surface area contributed by atoms with Crippen LogP contribution in [0.25, 0.3) is 10.9 Å². The van der Waals surface area contributed by atoms with E-state index in [1.54, 1.807) is 0 Å². The van der Waals surface area contributed by atoms with Gasteiger partial charge in [0, 0.05) is 26.3 Å². The molecule has 3 nitrogen and oxygen atoms in total. The molecule has 3 aromatic rings. The normalized spacial score (nSPS) is 13.1. The molecule has 5 heteroatoms. The number of carbonyl (C=O) groups is 1. The molecule has 0 saturated carbocycles. The molecule has 0 bridgehead atoms. The van der Waals surface area contributed by atoms with Gasteiger partial charge >= 0.3 is 0 Å². The Kier molecular flexibility index (Phi) is 4.26. The van der Waals surface area contributed by atoms with Gasteiger partial charge in [-0.25, -0.2) is 0 Å². The first-order valence-electron chi connectivity index (χ1n) is 8.21. The lowest BCUT2D eigenvalue weighted by atomic mass is 10.0. The number of carbonyl (C=O) groups excluding carboxylic acids is 1. The SMILES string of the molecule is Cc1cc(NC(=O)c2c3c(nc4ccc(Cl)cc24)CCC3)ccc1Br. The molecule has 1 aliphatic rings. The zero-order chi connectivity index (χ0) is 17.6. The standard InChI is InChI=1S/C20H16BrClN2O/c1-11-9-13(6-7-16(11)21)23-20(25)19-14-3-2-4-17(14)24-18-8-5-12(22)10-15(18)19/h5-10H,2-4H2,1H3,(H,23,25). The lowest BCUT2D eigenvalue weighted by Gasteiger charge is -2.13. The summed E-state index contributed by atoms with van der Waals surface area (Å²) in [5, 5.41) is 4.47. The van der Waals surface area contributed by atoms with E-state index >= 15 is 0 Å². The lowest BCUT2D eigenvalue weighted by molar-refractivity contribution is 0.102. The maximum absolute atomic E-state index is 13.1. The molecule has 0 spiro atoms. The van der Waals surface area contributed by atoms with Crippen molar-refractivity contribution in [2.75, 3.05) is 5.32 Å². The Balaban J connectivity index is 1.83. The summed E-state index contributed by atoms with van der Waals surface area (Å²) in [5.41, 5.74) is 5.48. The number of pyridine rings is 1. The van der Waals surface area contributed by atoms with E-state index in [4.69, 9.17) is 16.6 Å². The predicted molar refractivity (Wildman–Crippen MR) is 106 cm³/mol. The Morgan fingerprint density at radius 1 is 1.20 bits per heavy atom. The Hall–Kier alpha value is -1.91. The van der Waals surface area contributed by atoms with Gasteiger partial charge in [0.05, 0.1) is 11.1 Å². The molecule has 1 N–H and O–H groups in total. The summed E-state index contributed by atoms with van der Waals surface area (Å²) in [6.45, 7) is 2.00. The Morgan fingerprint density at radius 2 is 2.04 bits per heavy atom. The highest BCUT2D eigenvalue weighted by Gasteiger charge is 2.24. The Bertz CT molecular complexity index is 1020. The highest BCUT2D eigenvalue weighted by Crippen LogP contribution is 2.32. The molecular formula is C20H16BrClN2O. The van der Waals surface area contributed by atoms with Gasteiger partial charge < -0.3 is 5.32 Å². The average Bonchev–Trinajstić information content (AvgIpc) is 3.03. The minimum absolute atomic E-state index is 0.102. The number of nitrogens with one attached hydrogen (secondary N) is 1. The monoisotopic (exact) mass is 414 g/mol. The molecule has 0 aliphatic heterocycles. The maximum Gasteiger partial charge on any atom is 0.256 e. The van der Waals surface area contributed by atoms with Crippen LogP contribution in [-0.4, -0.2) is 10.9 Å². The number of fused-ring (bicyclic) bond motifs is 2. The molecule has 1 amide bonds. The second-order valence-corrected chi connectivity index (χ2v) is 7.64. The summed E-state index contributed by atoms with van der Waals surface area (Å²) in [7, 11) is 0. The fourth-order valence-electron chi connectivity index (χ4n) is 3.41. The first kappa shape index (κ1) is 16.6. The Labute approximate surface area is 159 Å². The van der Waals surface area contributed by atoms with Crippen molar-refractivity contribution < 1.29 is 4.79 Å². The van der Waals surface area contributed by atoms with Crippen molar-refractivity contribution in [3.63, 3.8) is 0 Å². The number of benzene rings is 2. The minimum Gasteiger partial charge on any atom is -0.322 e. The summed E-state index contributed by atoms with van der Waals surface area (Å²) in [6, 6.07) is 11.3. The van der Waals surface area contributed by atoms with Gasteiger partial charge in [0.1, 0.15) is 0 Å². The zero-order valence-corrected chi connectivity index (χ0v) is 16.0. The van der Waals surface area contributed by atoms with Gasteiger partial charge in [-0.05, 0) is 73.7 Å². The summed E-state index contributed by atoms with van der Waals surface area (Å²) < 4.78 is 1.02. The van der Waals surface area contributed by atoms with Crippen molar-refractivity contribution in [3.8, 4) is 0 Å². The fraction of sp³-hybridized carbons (Fsp3) is 0.200. The molecule has 126 valence electrons. The average molecular weight is 416 g/mol. The third-order valence-electron chi connectivity index (χ3n) is 4.62. The van der Waals surface area contributed by atoms with Crippen LogP contribution in [0, 0.1) is 6.92 Å². The number of halogens is 2. The van der Waals surface area contributed by atoms with Crippen molar-refractivity contribution in [1.82, 2.24) is 4.98 Å². The number of hydrogen-bond donors (Lipinski definition) is 1. The smallest absolute Gasteiger partial charge is 0.256 e. The molecule has 0 unspecified atom stereocenters. The van der Waals surface area contributed by atoms with Gasteiger partial charge in [-0.2, -0.15) is 0 Å². The van der Waals surface area contributed by atoms with E-state index in [1.165, 1.54) is 0 Å². The van der Waals surface area contributed by atoms with Crippen LogP contribution in [-0.2, 0) is 12.8 Å². The van der Waals surface area contributed by atoms with Crippen molar-refractivity contribution in [2.24, 2.45) is 0 Å². The summed E-state index contributed by atoms with van der Waals surface area (Å²) in [5.74, 6) is -0.102. The number of aromatic nitrogens is 1. The summed E-state index contributed by atoms with van der Waals surface area (Å²) in [6.07, 6.45) is 2.84. The van der Waals surface area contributed by atoms with E-state index in [0.29, 0.717) is 10.6 Å². The lowest BCUT2D eigenvalue weighted by Crippen LogP contribution is -2.16. The second kappa shape index (κ2) is 6.43. The number of anilines is 1. The molecule has 0 radical (unpaired) electrons. The first-order valence-corrected chi connectivity index (χ1v) is 9.38. The van der Waals surface area contributed by atoms with E-state index < -0.39 is 0 Å². The van der Waals surface area contributed by atoms with Crippen LogP contribution in [0.15, 0.2) is 40.9 Å². The number of nitrogens with zero attached hydrogens (tertiary/aromatic N) is 1. The molecule has 25 heavy (non-hydrogen) atoms. The Morgan fingerprint density at radius 3 is 2.84 bits per heavy atom. The molecule has 0 atom stereocenters. The van der Waals surface area contributed by atoms with Crippen LogP contribution in [0.3, 0.4) is 0 Å². The van der Waals surface area contributed by atoms with Crippen molar-refractivity contribution in [2.45, 2.75) is 26.2 Å². The molecule has 2 aromatic carbocycles. The van der Waals surface area contributed by atoms with Crippen molar-refractivity contribution in [3.05, 3.63) is 68.3 Å². The fourth-order valence-corrected chi connectivity index (χ4v) is 3.83. The van der Waals surface area contributed by atoms with E-state index in [2.05, 4.69) is 21.2 Å². The van der Waals surface area contributed by atoms with Gasteiger partial charge in [0.25, 0.3) is 5.91 Å². The van der Waals surface area contributed by atoms with E-state index in [9.17, 15) is 4.79 Å². The predicted octanol–water partition coefficient (Wildman–Crippen LogP) is 5.70. The third kappa shape index (κ3) is 3.05. The van der Waals surface area contributed by atoms with E-state index in [0.717, 1.165) is 57.1 Å². The highest BCUT2D eigenvalue weighted by atomic mass is 79.9. The third-order valence-corrected chi connectivity index (χ3v) is 5.74. The molecule has 0 fully saturated rings. The van der Waals surface area contributed by atoms with Gasteiger partial charge in [0.2, 0.25) is 0 Å². The number of amides is 1. The zero-order valence-electron chi connectivity index (χ0n) is 13.7. The summed E-state index contributed by atoms with van der Waals surface area (Å²) in [4.78, 5) is 17.8. The topological polar surface area (TPSA) is 42.0 Å². The number of rotatable bonds is 2. The first-order chi connectivity index (χ1) is 12.0. The molecule has 0 saturated heterocycles. The van der Waals surface area contributed by atoms with Gasteiger partial charge in [0.15, 0.2) is 0 Å². The van der Waals surface area contributed by atoms with Crippen LogP contribution >= 0.6 is 27.5 Å². The second-order valence-electron chi connectivity index (χ2n) is 6.35. The van der Waals surface area contributed by atoms with Crippen LogP contribution in [0.1, 0.15) is 33.6 Å². The van der Waals surface area contributed by atoms with E-state index in [1.807, 2.05) is 43.3 Å². The summed E-state index contributed by atoms with van der Waals surface area (Å²) >= 11 is 9.67. The van der Waals surface area contributed by atoms with Crippen LogP contribution in [0.2, 0.25) is 5.02 Å². The van der Waals surface area contributed by atoms with Crippen LogP contribution in [0.4, 0.5) is 5.69 Å². The van der Waals surface area contributed by atoms with Gasteiger partial charge in [-0.1, -0.05) is 27.5 Å². The quantitative estimate of drug-likeness (QED) is 0.583. The largest absolute Gasteiger partial charge is 0.322 e. The molecule has 1 aliphatic carbocycles. The van der Waals surface area contributed by atoms with Crippen LogP contribution < -0.4 is 5.32 Å². The van der Waals surface area contributed by atoms with Gasteiger partial charge in [-0.3, -0.25) is 9.78 Å². The minimum atomic E-state index is -0.102. The molecular weight excluding hydrogens is 400 g/mol. The van der Waals surface area contributed by atoms with Crippen molar-refractivity contribution >= 4 is 50.0 Å². The van der Waals surface area contributed by atoms with Gasteiger partial charge in [-0.15, -0.1) is 0 Å². The van der Waals surface area contributed by atoms with E-state index in [-0.39, 0.29) is 5.91 Å². The molecule has 4 rings (SSSR count). The maximum atomic E-state index is 13.1. The number of aryl methyl sites for hydroxylation is 2.